The Balaban J connectivity index is 1.77. The van der Waals surface area contributed by atoms with Crippen molar-refractivity contribution in [1.29, 1.82) is 0 Å². The van der Waals surface area contributed by atoms with E-state index in [9.17, 15) is 5.11 Å². The fourth-order valence-corrected chi connectivity index (χ4v) is 4.17. The second-order valence-electron chi connectivity index (χ2n) is 6.19. The molecule has 2 heteroatoms. The lowest BCUT2D eigenvalue weighted by atomic mass is 9.78. The maximum atomic E-state index is 10.4. The highest BCUT2D eigenvalue weighted by Gasteiger charge is 2.55. The molecular formula is C14H24O2. The highest BCUT2D eigenvalue weighted by Crippen LogP contribution is 2.51. The second kappa shape index (κ2) is 3.99. The van der Waals surface area contributed by atoms with Crippen LogP contribution >= 0.6 is 0 Å². The van der Waals surface area contributed by atoms with Gasteiger partial charge in [-0.15, -0.1) is 0 Å². The monoisotopic (exact) mass is 224 g/mol. The van der Waals surface area contributed by atoms with E-state index in [4.69, 9.17) is 4.74 Å². The Morgan fingerprint density at radius 1 is 0.812 bits per heavy atom. The van der Waals surface area contributed by atoms with Crippen molar-refractivity contribution in [2.75, 3.05) is 0 Å². The number of rotatable bonds is 0. The molecule has 2 nitrogen and oxygen atoms in total. The van der Waals surface area contributed by atoms with Gasteiger partial charge in [0, 0.05) is 6.42 Å². The molecular weight excluding hydrogens is 200 g/mol. The second-order valence-corrected chi connectivity index (χ2v) is 6.19. The highest BCUT2D eigenvalue weighted by molar-refractivity contribution is 5.05. The van der Waals surface area contributed by atoms with Crippen LogP contribution in [0.15, 0.2) is 0 Å². The van der Waals surface area contributed by atoms with E-state index in [0.29, 0.717) is 0 Å². The molecule has 2 saturated carbocycles. The van der Waals surface area contributed by atoms with Crippen LogP contribution in [0.25, 0.3) is 0 Å². The van der Waals surface area contributed by atoms with E-state index in [-0.39, 0.29) is 17.3 Å². The predicted octanol–water partition coefficient (Wildman–Crippen LogP) is 3.17. The molecule has 3 fully saturated rings. The molecule has 1 unspecified atom stereocenters. The van der Waals surface area contributed by atoms with Gasteiger partial charge in [0.2, 0.25) is 0 Å². The molecule has 0 radical (unpaired) electrons. The van der Waals surface area contributed by atoms with Crippen molar-refractivity contribution in [3.05, 3.63) is 0 Å². The van der Waals surface area contributed by atoms with Gasteiger partial charge in [0.05, 0.1) is 17.3 Å². The number of aliphatic hydroxyl groups excluding tert-OH is 1. The summed E-state index contributed by atoms with van der Waals surface area (Å²) in [5, 5.41) is 10.4. The van der Waals surface area contributed by atoms with E-state index in [0.717, 1.165) is 19.3 Å². The zero-order valence-electron chi connectivity index (χ0n) is 10.2. The summed E-state index contributed by atoms with van der Waals surface area (Å²) in [5.41, 5.74) is -0.0788. The molecule has 1 aliphatic heterocycles. The van der Waals surface area contributed by atoms with Crippen molar-refractivity contribution in [3.8, 4) is 0 Å². The summed E-state index contributed by atoms with van der Waals surface area (Å²) in [7, 11) is 0. The van der Waals surface area contributed by atoms with Crippen LogP contribution in [0.5, 0.6) is 0 Å². The number of aliphatic hydroxyl groups is 1. The molecule has 2 spiro atoms. The van der Waals surface area contributed by atoms with E-state index in [1.807, 2.05) is 0 Å². The average Bonchev–Trinajstić information content (AvgIpc) is 2.54. The summed E-state index contributed by atoms with van der Waals surface area (Å²) in [5.74, 6) is 0. The number of ether oxygens (including phenoxy) is 1. The average molecular weight is 224 g/mol. The Bertz CT molecular complexity index is 249. The predicted molar refractivity (Wildman–Crippen MR) is 63.3 cm³/mol. The minimum Gasteiger partial charge on any atom is -0.390 e. The van der Waals surface area contributed by atoms with Gasteiger partial charge < -0.3 is 9.84 Å². The van der Waals surface area contributed by atoms with Crippen LogP contribution in [0.2, 0.25) is 0 Å². The van der Waals surface area contributed by atoms with Crippen LogP contribution in [0.4, 0.5) is 0 Å². The van der Waals surface area contributed by atoms with Gasteiger partial charge in [0.25, 0.3) is 0 Å². The van der Waals surface area contributed by atoms with Gasteiger partial charge in [-0.05, 0) is 25.7 Å². The highest BCUT2D eigenvalue weighted by atomic mass is 16.5. The van der Waals surface area contributed by atoms with Crippen molar-refractivity contribution >= 4 is 0 Å². The zero-order valence-corrected chi connectivity index (χ0v) is 10.2. The quantitative estimate of drug-likeness (QED) is 0.685. The van der Waals surface area contributed by atoms with Crippen molar-refractivity contribution in [3.63, 3.8) is 0 Å². The summed E-state index contributed by atoms with van der Waals surface area (Å²) in [6.45, 7) is 0. The fourth-order valence-electron chi connectivity index (χ4n) is 4.17. The van der Waals surface area contributed by atoms with Crippen LogP contribution in [0, 0.1) is 0 Å². The third-order valence-corrected chi connectivity index (χ3v) is 5.06. The molecule has 0 amide bonds. The SMILES string of the molecule is OC1CC2(CCCCC2)OC12CCCCC2. The van der Waals surface area contributed by atoms with E-state index in [1.54, 1.807) is 0 Å². The molecule has 0 aromatic carbocycles. The van der Waals surface area contributed by atoms with Gasteiger partial charge in [-0.3, -0.25) is 0 Å². The molecule has 1 heterocycles. The number of hydrogen-bond acceptors (Lipinski definition) is 2. The van der Waals surface area contributed by atoms with E-state index in [1.165, 1.54) is 51.4 Å². The maximum absolute atomic E-state index is 10.4. The molecule has 1 N–H and O–H groups in total. The molecule has 0 aromatic rings. The van der Waals surface area contributed by atoms with Crippen LogP contribution in [-0.2, 0) is 4.74 Å². The molecule has 92 valence electrons. The normalized spacial score (nSPS) is 36.9. The first-order valence-corrected chi connectivity index (χ1v) is 7.13. The fraction of sp³-hybridized carbons (Fsp3) is 1.00. The standard InChI is InChI=1S/C14H24O2/c15-12-11-13(7-3-1-4-8-13)16-14(12)9-5-2-6-10-14/h12,15H,1-11H2. The Morgan fingerprint density at radius 2 is 1.38 bits per heavy atom. The van der Waals surface area contributed by atoms with Gasteiger partial charge in [0.15, 0.2) is 0 Å². The smallest absolute Gasteiger partial charge is 0.0948 e. The Morgan fingerprint density at radius 3 is 2.00 bits per heavy atom. The summed E-state index contributed by atoms with van der Waals surface area (Å²) in [6.07, 6.45) is 13.0. The zero-order chi connectivity index (χ0) is 11.1. The van der Waals surface area contributed by atoms with E-state index < -0.39 is 0 Å². The Hall–Kier alpha value is -0.0800. The molecule has 0 aromatic heterocycles. The molecule has 2 aliphatic carbocycles. The molecule has 1 saturated heterocycles. The van der Waals surface area contributed by atoms with Crippen molar-refractivity contribution in [2.45, 2.75) is 87.9 Å². The number of hydrogen-bond donors (Lipinski definition) is 1. The van der Waals surface area contributed by atoms with Crippen LogP contribution in [0.1, 0.15) is 70.6 Å². The first kappa shape index (κ1) is 11.0. The van der Waals surface area contributed by atoms with Gasteiger partial charge in [-0.25, -0.2) is 0 Å². The van der Waals surface area contributed by atoms with Gasteiger partial charge in [0.1, 0.15) is 0 Å². The molecule has 3 rings (SSSR count). The largest absolute Gasteiger partial charge is 0.390 e. The Labute approximate surface area is 98.4 Å². The summed E-state index contributed by atoms with van der Waals surface area (Å²) >= 11 is 0. The van der Waals surface area contributed by atoms with Crippen molar-refractivity contribution in [2.24, 2.45) is 0 Å². The van der Waals surface area contributed by atoms with E-state index in [2.05, 4.69) is 0 Å². The summed E-state index contributed by atoms with van der Waals surface area (Å²) in [6, 6.07) is 0. The first-order valence-electron chi connectivity index (χ1n) is 7.13. The summed E-state index contributed by atoms with van der Waals surface area (Å²) in [4.78, 5) is 0. The van der Waals surface area contributed by atoms with Crippen molar-refractivity contribution in [1.82, 2.24) is 0 Å². The minimum absolute atomic E-state index is 0.0645. The van der Waals surface area contributed by atoms with Crippen LogP contribution < -0.4 is 0 Å². The third kappa shape index (κ3) is 1.70. The molecule has 0 bridgehead atoms. The maximum Gasteiger partial charge on any atom is 0.0948 e. The van der Waals surface area contributed by atoms with E-state index >= 15 is 0 Å². The third-order valence-electron chi connectivity index (χ3n) is 5.06. The van der Waals surface area contributed by atoms with Crippen LogP contribution in [-0.4, -0.2) is 22.4 Å². The van der Waals surface area contributed by atoms with Gasteiger partial charge >= 0.3 is 0 Å². The lowest BCUT2D eigenvalue weighted by Gasteiger charge is -2.39. The van der Waals surface area contributed by atoms with Crippen LogP contribution in [0.3, 0.4) is 0 Å². The Kier molecular flexibility index (Phi) is 2.75. The van der Waals surface area contributed by atoms with Gasteiger partial charge in [-0.1, -0.05) is 38.5 Å². The lowest BCUT2D eigenvalue weighted by Crippen LogP contribution is -2.42. The van der Waals surface area contributed by atoms with Crippen molar-refractivity contribution < 1.29 is 9.84 Å². The molecule has 1 atom stereocenters. The summed E-state index contributed by atoms with van der Waals surface area (Å²) < 4.78 is 6.48. The lowest BCUT2D eigenvalue weighted by molar-refractivity contribution is -0.151. The first-order chi connectivity index (χ1) is 7.75. The topological polar surface area (TPSA) is 29.5 Å². The van der Waals surface area contributed by atoms with Gasteiger partial charge in [-0.2, -0.15) is 0 Å². The minimum atomic E-state index is -0.189. The molecule has 16 heavy (non-hydrogen) atoms. The molecule has 3 aliphatic rings.